The van der Waals surface area contributed by atoms with E-state index in [1.165, 1.54) is 6.33 Å². The number of nitrogens with zero attached hydrogens (tertiary/aromatic N) is 4. The van der Waals surface area contributed by atoms with Crippen molar-refractivity contribution in [2.75, 3.05) is 6.61 Å². The molecule has 168 valence electrons. The van der Waals surface area contributed by atoms with E-state index in [-0.39, 0.29) is 18.2 Å². The molecular formula is C22H24FN5O4. The van der Waals surface area contributed by atoms with Crippen molar-refractivity contribution in [3.05, 3.63) is 53.3 Å². The molecule has 3 heterocycles. The molecule has 2 N–H and O–H groups in total. The number of aromatic nitrogens is 3. The second kappa shape index (κ2) is 8.54. The maximum atomic E-state index is 15.0. The first kappa shape index (κ1) is 21.7. The van der Waals surface area contributed by atoms with Gasteiger partial charge in [0.1, 0.15) is 42.1 Å². The second-order valence-corrected chi connectivity index (χ2v) is 7.76. The topological polar surface area (TPSA) is 113 Å². The third-order valence-corrected chi connectivity index (χ3v) is 5.01. The van der Waals surface area contributed by atoms with Gasteiger partial charge in [0, 0.05) is 16.8 Å². The summed E-state index contributed by atoms with van der Waals surface area (Å²) in [7, 11) is 0. The van der Waals surface area contributed by atoms with E-state index in [9.17, 15) is 4.79 Å². The van der Waals surface area contributed by atoms with Crippen LogP contribution >= 0.6 is 0 Å². The molecule has 0 saturated carbocycles. The van der Waals surface area contributed by atoms with Crippen molar-refractivity contribution in [1.29, 1.82) is 0 Å². The lowest BCUT2D eigenvalue weighted by atomic mass is 10.0. The molecule has 0 saturated heterocycles. The Labute approximate surface area is 184 Å². The highest BCUT2D eigenvalue weighted by Crippen LogP contribution is 2.35. The molecule has 0 radical (unpaired) electrons. The minimum atomic E-state index is -1.45. The van der Waals surface area contributed by atoms with E-state index in [0.29, 0.717) is 28.1 Å². The van der Waals surface area contributed by atoms with E-state index in [2.05, 4.69) is 15.1 Å². The zero-order valence-electron chi connectivity index (χ0n) is 18.2. The summed E-state index contributed by atoms with van der Waals surface area (Å²) in [5.74, 6) is 0.326. The highest BCUT2D eigenvalue weighted by Gasteiger charge is 2.30. The van der Waals surface area contributed by atoms with Gasteiger partial charge >= 0.3 is 5.97 Å². The molecule has 3 atom stereocenters. The normalized spacial score (nSPS) is 19.4. The maximum absolute atomic E-state index is 15.0. The SMILES string of the molecule is CC1=NC2=CC=C(Oc3ncnn4cc(OC[C@@H](C)OC(=O)[C@H](C)N)c(C)c34)C(F)C2=C1. The number of carbonyl (C=O) groups excluding carboxylic acids is 1. The number of esters is 1. The third-order valence-electron chi connectivity index (χ3n) is 5.01. The maximum Gasteiger partial charge on any atom is 0.323 e. The van der Waals surface area contributed by atoms with Crippen LogP contribution in [0.1, 0.15) is 26.3 Å². The molecule has 1 unspecified atom stereocenters. The second-order valence-electron chi connectivity index (χ2n) is 7.76. The van der Waals surface area contributed by atoms with Crippen LogP contribution in [0.2, 0.25) is 0 Å². The average Bonchev–Trinajstić information content (AvgIpc) is 3.29. The number of rotatable bonds is 7. The molecule has 1 aliphatic carbocycles. The van der Waals surface area contributed by atoms with E-state index in [1.54, 1.807) is 42.8 Å². The van der Waals surface area contributed by atoms with Crippen LogP contribution in [0.3, 0.4) is 0 Å². The van der Waals surface area contributed by atoms with Crippen molar-refractivity contribution in [3.63, 3.8) is 0 Å². The number of carbonyl (C=O) groups is 1. The Kier molecular flexibility index (Phi) is 5.79. The van der Waals surface area contributed by atoms with Crippen LogP contribution < -0.4 is 15.2 Å². The van der Waals surface area contributed by atoms with Gasteiger partial charge in [-0.1, -0.05) is 0 Å². The number of ether oxygens (including phenoxy) is 3. The smallest absolute Gasteiger partial charge is 0.323 e. The molecule has 2 aromatic rings. The fourth-order valence-corrected chi connectivity index (χ4v) is 3.39. The summed E-state index contributed by atoms with van der Waals surface area (Å²) in [5.41, 5.74) is 8.57. The average molecular weight is 441 g/mol. The predicted octanol–water partition coefficient (Wildman–Crippen LogP) is 2.59. The molecule has 0 bridgehead atoms. The van der Waals surface area contributed by atoms with Crippen molar-refractivity contribution < 1.29 is 23.4 Å². The van der Waals surface area contributed by atoms with Gasteiger partial charge in [-0.25, -0.2) is 8.91 Å². The first-order valence-electron chi connectivity index (χ1n) is 10.2. The highest BCUT2D eigenvalue weighted by atomic mass is 19.1. The van der Waals surface area contributed by atoms with Gasteiger partial charge in [-0.3, -0.25) is 9.79 Å². The number of halogens is 1. The number of fused-ring (bicyclic) bond motifs is 2. The van der Waals surface area contributed by atoms with Crippen LogP contribution in [-0.2, 0) is 9.53 Å². The number of nitrogens with two attached hydrogens (primary N) is 1. The summed E-state index contributed by atoms with van der Waals surface area (Å²) >= 11 is 0. The van der Waals surface area contributed by atoms with Crippen LogP contribution in [0.25, 0.3) is 5.52 Å². The summed E-state index contributed by atoms with van der Waals surface area (Å²) in [4.78, 5) is 20.1. The van der Waals surface area contributed by atoms with E-state index >= 15 is 4.39 Å². The van der Waals surface area contributed by atoms with Crippen molar-refractivity contribution >= 4 is 17.2 Å². The number of hydrogen-bond donors (Lipinski definition) is 1. The fourth-order valence-electron chi connectivity index (χ4n) is 3.39. The van der Waals surface area contributed by atoms with Gasteiger partial charge in [-0.2, -0.15) is 10.1 Å². The Bertz CT molecular complexity index is 1190. The molecule has 2 aromatic heterocycles. The highest BCUT2D eigenvalue weighted by molar-refractivity contribution is 5.98. The van der Waals surface area contributed by atoms with Crippen LogP contribution in [-0.4, -0.2) is 51.2 Å². The largest absolute Gasteiger partial charge is 0.488 e. The Hall–Kier alpha value is -3.53. The van der Waals surface area contributed by atoms with Crippen LogP contribution in [0, 0.1) is 6.92 Å². The van der Waals surface area contributed by atoms with Gasteiger partial charge in [0.05, 0.1) is 11.9 Å². The van der Waals surface area contributed by atoms with E-state index in [1.807, 2.05) is 13.8 Å². The molecule has 1 aliphatic heterocycles. The molecule has 0 spiro atoms. The molecule has 4 rings (SSSR count). The van der Waals surface area contributed by atoms with E-state index in [0.717, 1.165) is 5.71 Å². The first-order chi connectivity index (χ1) is 15.2. The van der Waals surface area contributed by atoms with Gasteiger partial charge in [0.2, 0.25) is 5.88 Å². The third kappa shape index (κ3) is 4.13. The lowest BCUT2D eigenvalue weighted by Gasteiger charge is -2.18. The van der Waals surface area contributed by atoms with Gasteiger partial charge < -0.3 is 19.9 Å². The molecule has 0 amide bonds. The van der Waals surface area contributed by atoms with Gasteiger partial charge in [0.15, 0.2) is 6.17 Å². The van der Waals surface area contributed by atoms with Crippen LogP contribution in [0.4, 0.5) is 4.39 Å². The molecule has 10 heteroatoms. The fraction of sp³-hybridized carbons (Fsp3) is 0.364. The van der Waals surface area contributed by atoms with Crippen molar-refractivity contribution in [3.8, 4) is 11.6 Å². The Morgan fingerprint density at radius 3 is 2.84 bits per heavy atom. The van der Waals surface area contributed by atoms with Crippen molar-refractivity contribution in [2.24, 2.45) is 10.7 Å². The zero-order valence-corrected chi connectivity index (χ0v) is 18.2. The molecule has 9 nitrogen and oxygen atoms in total. The minimum Gasteiger partial charge on any atom is -0.488 e. The number of hydrogen-bond acceptors (Lipinski definition) is 8. The monoisotopic (exact) mass is 441 g/mol. The van der Waals surface area contributed by atoms with Gasteiger partial charge in [-0.05, 0) is 45.9 Å². The number of allylic oxidation sites excluding steroid dienone is 5. The number of aryl methyl sites for hydroxylation is 1. The minimum absolute atomic E-state index is 0.116. The Morgan fingerprint density at radius 1 is 1.31 bits per heavy atom. The predicted molar refractivity (Wildman–Crippen MR) is 115 cm³/mol. The Balaban J connectivity index is 1.53. The molecule has 2 aliphatic rings. The lowest BCUT2D eigenvalue weighted by Crippen LogP contribution is -2.33. The Morgan fingerprint density at radius 2 is 2.09 bits per heavy atom. The van der Waals surface area contributed by atoms with Gasteiger partial charge in [0.25, 0.3) is 0 Å². The van der Waals surface area contributed by atoms with Crippen molar-refractivity contribution in [1.82, 2.24) is 14.6 Å². The quantitative estimate of drug-likeness (QED) is 0.657. The molecule has 0 fully saturated rings. The van der Waals surface area contributed by atoms with E-state index < -0.39 is 24.3 Å². The van der Waals surface area contributed by atoms with E-state index in [4.69, 9.17) is 19.9 Å². The standard InChI is InChI=1S/C22H24FN5O4/c1-11-7-15-16(27-11)5-6-17(19(15)23)32-21-20-13(3)18(8-28(20)26-10-25-21)30-9-12(2)31-22(29)14(4)24/h5-8,10,12,14,19H,9,24H2,1-4H3/t12-,14+,19?/m1/s1. The van der Waals surface area contributed by atoms with Crippen molar-refractivity contribution in [2.45, 2.75) is 46.0 Å². The summed E-state index contributed by atoms with van der Waals surface area (Å²) in [6.07, 6.45) is 6.02. The summed E-state index contributed by atoms with van der Waals surface area (Å²) < 4.78 is 33.5. The summed E-state index contributed by atoms with van der Waals surface area (Å²) in [5, 5.41) is 4.19. The number of alkyl halides is 1. The first-order valence-corrected chi connectivity index (χ1v) is 10.2. The van der Waals surface area contributed by atoms with Gasteiger partial charge in [-0.15, -0.1) is 0 Å². The zero-order chi connectivity index (χ0) is 23.0. The van der Waals surface area contributed by atoms with Crippen LogP contribution in [0.15, 0.2) is 52.8 Å². The number of aliphatic imine (C=N–C) groups is 1. The summed E-state index contributed by atoms with van der Waals surface area (Å²) in [6, 6.07) is -0.707. The molecule has 32 heavy (non-hydrogen) atoms. The van der Waals surface area contributed by atoms with Crippen LogP contribution in [0.5, 0.6) is 11.6 Å². The lowest BCUT2D eigenvalue weighted by molar-refractivity contribution is -0.150. The molecular weight excluding hydrogens is 417 g/mol. The summed E-state index contributed by atoms with van der Waals surface area (Å²) in [6.45, 7) is 7.02. The molecule has 0 aromatic carbocycles.